The first-order valence-electron chi connectivity index (χ1n) is 8.34. The number of nitrogens with zero attached hydrogens (tertiary/aromatic N) is 2. The van der Waals surface area contributed by atoms with Crippen molar-refractivity contribution >= 4 is 32.7 Å². The summed E-state index contributed by atoms with van der Waals surface area (Å²) in [6.07, 6.45) is 0. The fourth-order valence-electron chi connectivity index (χ4n) is 4.25. The van der Waals surface area contributed by atoms with Crippen LogP contribution in [0.15, 0.2) is 78.9 Å². The predicted molar refractivity (Wildman–Crippen MR) is 98.0 cm³/mol. The molecule has 0 radical (unpaired) electrons. The summed E-state index contributed by atoms with van der Waals surface area (Å²) < 4.78 is 4.89. The molecule has 0 fully saturated rings. The normalized spacial score (nSPS) is 12.8. The predicted octanol–water partition coefficient (Wildman–Crippen LogP) is 4.72. The second-order valence-electron chi connectivity index (χ2n) is 6.49. The number of para-hydroxylation sites is 3. The SMILES string of the molecule is c1ccc2c(c1)ccc1[n+]2Cn2c3ccccc3c3cccc-1c32. The van der Waals surface area contributed by atoms with E-state index in [1.165, 1.54) is 44.0 Å². The lowest BCUT2D eigenvalue weighted by molar-refractivity contribution is -0.665. The van der Waals surface area contributed by atoms with Gasteiger partial charge in [-0.3, -0.25) is 4.57 Å². The Balaban J connectivity index is 1.85. The van der Waals surface area contributed by atoms with Gasteiger partial charge in [0, 0.05) is 28.3 Å². The molecule has 0 bridgehead atoms. The van der Waals surface area contributed by atoms with Crippen LogP contribution >= 0.6 is 0 Å². The summed E-state index contributed by atoms with van der Waals surface area (Å²) in [6, 6.07) is 28.5. The minimum Gasteiger partial charge on any atom is -0.284 e. The van der Waals surface area contributed by atoms with Gasteiger partial charge in [-0.05, 0) is 24.3 Å². The second-order valence-corrected chi connectivity index (χ2v) is 6.49. The van der Waals surface area contributed by atoms with Crippen LogP contribution in [-0.4, -0.2) is 4.57 Å². The van der Waals surface area contributed by atoms with Gasteiger partial charge in [0.25, 0.3) is 0 Å². The van der Waals surface area contributed by atoms with E-state index in [9.17, 15) is 0 Å². The lowest BCUT2D eigenvalue weighted by Crippen LogP contribution is -2.42. The fraction of sp³-hybridized carbons (Fsp3) is 0.0455. The third-order valence-corrected chi connectivity index (χ3v) is 5.29. The Morgan fingerprint density at radius 3 is 2.54 bits per heavy atom. The molecule has 0 unspecified atom stereocenters. The average molecular weight is 307 g/mol. The highest BCUT2D eigenvalue weighted by molar-refractivity contribution is 6.12. The van der Waals surface area contributed by atoms with Gasteiger partial charge >= 0.3 is 0 Å². The molecular formula is C22H15N2+. The zero-order valence-corrected chi connectivity index (χ0v) is 13.1. The van der Waals surface area contributed by atoms with Gasteiger partial charge in [0.1, 0.15) is 0 Å². The Labute approximate surface area is 139 Å². The maximum atomic E-state index is 2.46. The molecule has 6 rings (SSSR count). The maximum absolute atomic E-state index is 2.46. The van der Waals surface area contributed by atoms with Crippen LogP contribution in [0.3, 0.4) is 0 Å². The topological polar surface area (TPSA) is 8.81 Å². The fourth-order valence-corrected chi connectivity index (χ4v) is 4.25. The maximum Gasteiger partial charge on any atom is 0.229 e. The van der Waals surface area contributed by atoms with Crippen LogP contribution in [0.1, 0.15) is 0 Å². The zero-order chi connectivity index (χ0) is 15.7. The highest BCUT2D eigenvalue weighted by Gasteiger charge is 2.28. The smallest absolute Gasteiger partial charge is 0.229 e. The van der Waals surface area contributed by atoms with Crippen molar-refractivity contribution in [2.45, 2.75) is 6.67 Å². The van der Waals surface area contributed by atoms with Crippen LogP contribution in [0, 0.1) is 0 Å². The van der Waals surface area contributed by atoms with Gasteiger partial charge in [-0.15, -0.1) is 0 Å². The van der Waals surface area contributed by atoms with Gasteiger partial charge in [-0.2, -0.15) is 4.57 Å². The van der Waals surface area contributed by atoms with Crippen molar-refractivity contribution < 1.29 is 4.57 Å². The van der Waals surface area contributed by atoms with E-state index in [1.54, 1.807) is 0 Å². The van der Waals surface area contributed by atoms with Gasteiger partial charge in [0.05, 0.1) is 16.6 Å². The summed E-state index contributed by atoms with van der Waals surface area (Å²) >= 11 is 0. The van der Waals surface area contributed by atoms with Crippen LogP contribution in [-0.2, 0) is 6.67 Å². The Bertz CT molecular complexity index is 1280. The lowest BCUT2D eigenvalue weighted by atomic mass is 10.0. The van der Waals surface area contributed by atoms with Crippen LogP contribution in [0.2, 0.25) is 0 Å². The zero-order valence-electron chi connectivity index (χ0n) is 13.1. The third kappa shape index (κ3) is 1.39. The molecule has 0 saturated heterocycles. The monoisotopic (exact) mass is 307 g/mol. The van der Waals surface area contributed by atoms with E-state index in [-0.39, 0.29) is 0 Å². The lowest BCUT2D eigenvalue weighted by Gasteiger charge is -2.16. The molecule has 0 aliphatic carbocycles. The van der Waals surface area contributed by atoms with Crippen LogP contribution in [0.4, 0.5) is 0 Å². The molecule has 2 nitrogen and oxygen atoms in total. The molecule has 0 saturated carbocycles. The van der Waals surface area contributed by atoms with Crippen molar-refractivity contribution in [3.63, 3.8) is 0 Å². The van der Waals surface area contributed by atoms with Gasteiger partial charge < -0.3 is 0 Å². The van der Waals surface area contributed by atoms with E-state index in [4.69, 9.17) is 0 Å². The van der Waals surface area contributed by atoms with E-state index < -0.39 is 0 Å². The van der Waals surface area contributed by atoms with Gasteiger partial charge in [0.2, 0.25) is 17.9 Å². The molecule has 0 spiro atoms. The summed E-state index contributed by atoms with van der Waals surface area (Å²) in [5.74, 6) is 0. The first-order valence-corrected chi connectivity index (χ1v) is 8.34. The van der Waals surface area contributed by atoms with E-state index in [2.05, 4.69) is 88.0 Å². The standard InChI is InChI=1S/C22H15N2/c1-3-10-19-15(6-1)12-13-21-18-9-5-8-17-16-7-2-4-11-20(16)24(22(17)18)14-23(19)21/h1-13H,14H2/q+1. The molecule has 5 aromatic rings. The molecule has 112 valence electrons. The van der Waals surface area contributed by atoms with Crippen molar-refractivity contribution in [1.29, 1.82) is 0 Å². The minimum atomic E-state index is 0.859. The summed E-state index contributed by atoms with van der Waals surface area (Å²) in [6.45, 7) is 0.859. The van der Waals surface area contributed by atoms with E-state index >= 15 is 0 Å². The molecule has 0 N–H and O–H groups in total. The average Bonchev–Trinajstić information content (AvgIpc) is 2.98. The number of aromatic nitrogens is 2. The molecule has 1 aliphatic heterocycles. The molecule has 0 atom stereocenters. The quantitative estimate of drug-likeness (QED) is 0.359. The van der Waals surface area contributed by atoms with Crippen molar-refractivity contribution in [2.75, 3.05) is 0 Å². The first kappa shape index (κ1) is 12.3. The number of hydrogen-bond acceptors (Lipinski definition) is 0. The molecular weight excluding hydrogens is 292 g/mol. The number of hydrogen-bond donors (Lipinski definition) is 0. The van der Waals surface area contributed by atoms with Crippen LogP contribution in [0.25, 0.3) is 44.0 Å². The molecule has 24 heavy (non-hydrogen) atoms. The molecule has 2 aromatic heterocycles. The second kappa shape index (κ2) is 4.24. The highest BCUT2D eigenvalue weighted by atomic mass is 15.2. The number of benzene rings is 3. The number of rotatable bonds is 0. The largest absolute Gasteiger partial charge is 0.284 e. The van der Waals surface area contributed by atoms with Gasteiger partial charge in [-0.1, -0.05) is 42.5 Å². The van der Waals surface area contributed by atoms with Crippen LogP contribution < -0.4 is 4.57 Å². The Morgan fingerprint density at radius 2 is 1.54 bits per heavy atom. The van der Waals surface area contributed by atoms with E-state index in [0.717, 1.165) is 6.67 Å². The molecule has 3 heterocycles. The molecule has 1 aliphatic rings. The molecule has 3 aromatic carbocycles. The summed E-state index contributed by atoms with van der Waals surface area (Å²) in [5.41, 5.74) is 6.57. The number of pyridine rings is 1. The first-order chi connectivity index (χ1) is 11.9. The third-order valence-electron chi connectivity index (χ3n) is 5.29. The van der Waals surface area contributed by atoms with Crippen molar-refractivity contribution in [3.05, 3.63) is 78.9 Å². The summed E-state index contributed by atoms with van der Waals surface area (Å²) in [7, 11) is 0. The van der Waals surface area contributed by atoms with Crippen molar-refractivity contribution in [2.24, 2.45) is 0 Å². The van der Waals surface area contributed by atoms with Gasteiger partial charge in [-0.25, -0.2) is 0 Å². The summed E-state index contributed by atoms with van der Waals surface area (Å²) in [4.78, 5) is 0. The van der Waals surface area contributed by atoms with E-state index in [0.29, 0.717) is 0 Å². The Kier molecular flexibility index (Phi) is 2.17. The Morgan fingerprint density at radius 1 is 0.708 bits per heavy atom. The van der Waals surface area contributed by atoms with Crippen molar-refractivity contribution in [1.82, 2.24) is 4.57 Å². The molecule has 0 amide bonds. The number of fused-ring (bicyclic) bond motifs is 7. The van der Waals surface area contributed by atoms with Crippen molar-refractivity contribution in [3.8, 4) is 11.3 Å². The van der Waals surface area contributed by atoms with E-state index in [1.807, 2.05) is 0 Å². The Hall–Kier alpha value is -3.13. The minimum absolute atomic E-state index is 0.859. The van der Waals surface area contributed by atoms with Gasteiger partial charge in [0.15, 0.2) is 0 Å². The highest BCUT2D eigenvalue weighted by Crippen LogP contribution is 2.37. The van der Waals surface area contributed by atoms with Crippen LogP contribution in [0.5, 0.6) is 0 Å². The molecule has 2 heteroatoms. The summed E-state index contributed by atoms with van der Waals surface area (Å²) in [5, 5.41) is 3.97.